The van der Waals surface area contributed by atoms with Crippen molar-refractivity contribution in [3.05, 3.63) is 23.2 Å². The molecule has 0 bridgehead atoms. The first-order chi connectivity index (χ1) is 11.5. The molecule has 1 N–H and O–H groups in total. The zero-order chi connectivity index (χ0) is 18.0. The van der Waals surface area contributed by atoms with E-state index in [9.17, 15) is 4.79 Å². The fourth-order valence-corrected chi connectivity index (χ4v) is 2.69. The van der Waals surface area contributed by atoms with Gasteiger partial charge in [-0.2, -0.15) is 0 Å². The molecular weight excluding hydrogens is 326 g/mol. The second-order valence-electron chi connectivity index (χ2n) is 6.07. The Balaban J connectivity index is 2.77. The Morgan fingerprint density at radius 1 is 1.21 bits per heavy atom. The summed E-state index contributed by atoms with van der Waals surface area (Å²) in [6, 6.07) is 5.29. The van der Waals surface area contributed by atoms with E-state index in [4.69, 9.17) is 21.1 Å². The Morgan fingerprint density at radius 3 is 2.54 bits per heavy atom. The van der Waals surface area contributed by atoms with Gasteiger partial charge in [0, 0.05) is 12.3 Å². The van der Waals surface area contributed by atoms with Crippen LogP contribution in [0.1, 0.15) is 59.8 Å². The van der Waals surface area contributed by atoms with E-state index < -0.39 is 5.60 Å². The molecule has 0 saturated heterocycles. The molecule has 0 aliphatic carbocycles. The third-order valence-corrected chi connectivity index (χ3v) is 4.15. The van der Waals surface area contributed by atoms with Crippen molar-refractivity contribution in [3.8, 4) is 5.75 Å². The average Bonchev–Trinajstić information content (AvgIpc) is 2.54. The van der Waals surface area contributed by atoms with Crippen LogP contribution >= 0.6 is 11.6 Å². The molecule has 24 heavy (non-hydrogen) atoms. The molecule has 1 atom stereocenters. The van der Waals surface area contributed by atoms with Crippen LogP contribution in [0.4, 0.5) is 5.69 Å². The molecule has 4 nitrogen and oxygen atoms in total. The predicted octanol–water partition coefficient (Wildman–Crippen LogP) is 5.44. The van der Waals surface area contributed by atoms with E-state index in [2.05, 4.69) is 12.2 Å². The van der Waals surface area contributed by atoms with E-state index in [1.807, 2.05) is 20.8 Å². The van der Waals surface area contributed by atoms with Gasteiger partial charge in [-0.05, 0) is 44.9 Å². The van der Waals surface area contributed by atoms with Crippen LogP contribution in [0.3, 0.4) is 0 Å². The Morgan fingerprint density at radius 2 is 1.96 bits per heavy atom. The Bertz CT molecular complexity index is 521. The number of hydrogen-bond donors (Lipinski definition) is 1. The highest BCUT2D eigenvalue weighted by molar-refractivity contribution is 6.32. The number of carbonyl (C=O) groups excluding carboxylic acids is 1. The van der Waals surface area contributed by atoms with Crippen molar-refractivity contribution >= 4 is 23.2 Å². The first-order valence-corrected chi connectivity index (χ1v) is 9.22. The highest BCUT2D eigenvalue weighted by atomic mass is 35.5. The maximum Gasteiger partial charge on any atom is 0.256 e. The summed E-state index contributed by atoms with van der Waals surface area (Å²) in [7, 11) is 0. The number of anilines is 1. The molecular formula is C19H30ClNO3. The van der Waals surface area contributed by atoms with E-state index in [-0.39, 0.29) is 5.91 Å². The van der Waals surface area contributed by atoms with Crippen LogP contribution in [-0.4, -0.2) is 24.7 Å². The molecule has 0 aromatic heterocycles. The van der Waals surface area contributed by atoms with Gasteiger partial charge in [0.05, 0.1) is 11.6 Å². The van der Waals surface area contributed by atoms with Crippen LogP contribution in [0, 0.1) is 0 Å². The number of ether oxygens (including phenoxy) is 2. The van der Waals surface area contributed by atoms with Crippen LogP contribution < -0.4 is 10.1 Å². The maximum absolute atomic E-state index is 12.7. The van der Waals surface area contributed by atoms with Crippen molar-refractivity contribution in [3.63, 3.8) is 0 Å². The number of rotatable bonds is 11. The Hall–Kier alpha value is -1.26. The van der Waals surface area contributed by atoms with E-state index in [0.717, 1.165) is 25.7 Å². The summed E-state index contributed by atoms with van der Waals surface area (Å²) in [5.74, 6) is 0.491. The molecule has 0 spiro atoms. The largest absolute Gasteiger partial charge is 0.492 e. The Kier molecular flexibility index (Phi) is 9.16. The smallest absolute Gasteiger partial charge is 0.256 e. The standard InChI is InChI=1S/C19H30ClNO3/c1-5-8-9-12-19(4,24-7-3)18(22)21-15-10-11-17(16(20)14-15)23-13-6-2/h10-11,14H,5-9,12-13H2,1-4H3,(H,21,22)/t19-/m0/s1. The lowest BCUT2D eigenvalue weighted by atomic mass is 9.96. The van der Waals surface area contributed by atoms with Gasteiger partial charge < -0.3 is 14.8 Å². The molecule has 1 rings (SSSR count). The molecule has 136 valence electrons. The SMILES string of the molecule is CCCCC[C@](C)(OCC)C(=O)Nc1ccc(OCCC)c(Cl)c1. The van der Waals surface area contributed by atoms with Gasteiger partial charge in [-0.3, -0.25) is 4.79 Å². The summed E-state index contributed by atoms with van der Waals surface area (Å²) in [4.78, 5) is 12.7. The molecule has 5 heteroatoms. The highest BCUT2D eigenvalue weighted by Gasteiger charge is 2.33. The van der Waals surface area contributed by atoms with Crippen LogP contribution in [-0.2, 0) is 9.53 Å². The molecule has 1 aromatic rings. The number of nitrogens with one attached hydrogen (secondary N) is 1. The first-order valence-electron chi connectivity index (χ1n) is 8.84. The van der Waals surface area contributed by atoms with Crippen molar-refractivity contribution in [2.45, 2.75) is 65.4 Å². The van der Waals surface area contributed by atoms with Crippen LogP contribution in [0.25, 0.3) is 0 Å². The number of amides is 1. The third-order valence-electron chi connectivity index (χ3n) is 3.85. The normalized spacial score (nSPS) is 13.4. The summed E-state index contributed by atoms with van der Waals surface area (Å²) in [6.07, 6.45) is 4.78. The zero-order valence-electron chi connectivity index (χ0n) is 15.3. The quantitative estimate of drug-likeness (QED) is 0.537. The summed E-state index contributed by atoms with van der Waals surface area (Å²) < 4.78 is 11.3. The highest BCUT2D eigenvalue weighted by Crippen LogP contribution is 2.29. The fraction of sp³-hybridized carbons (Fsp3) is 0.632. The minimum Gasteiger partial charge on any atom is -0.492 e. The molecule has 0 saturated carbocycles. The molecule has 0 fully saturated rings. The van der Waals surface area contributed by atoms with Gasteiger partial charge in [-0.1, -0.05) is 44.7 Å². The fourth-order valence-electron chi connectivity index (χ4n) is 2.45. The number of unbranched alkanes of at least 4 members (excludes halogenated alkanes) is 2. The second-order valence-corrected chi connectivity index (χ2v) is 6.48. The first kappa shape index (κ1) is 20.8. The lowest BCUT2D eigenvalue weighted by molar-refractivity contribution is -0.139. The van der Waals surface area contributed by atoms with Crippen LogP contribution in [0.2, 0.25) is 5.02 Å². The Labute approximate surface area is 150 Å². The monoisotopic (exact) mass is 355 g/mol. The number of benzene rings is 1. The van der Waals surface area contributed by atoms with Gasteiger partial charge in [-0.15, -0.1) is 0 Å². The van der Waals surface area contributed by atoms with Crippen molar-refractivity contribution < 1.29 is 14.3 Å². The molecule has 1 aromatic carbocycles. The van der Waals surface area contributed by atoms with Gasteiger partial charge >= 0.3 is 0 Å². The molecule has 0 unspecified atom stereocenters. The van der Waals surface area contributed by atoms with E-state index in [1.165, 1.54) is 0 Å². The topological polar surface area (TPSA) is 47.6 Å². The number of hydrogen-bond acceptors (Lipinski definition) is 3. The van der Waals surface area contributed by atoms with Gasteiger partial charge in [0.15, 0.2) is 0 Å². The van der Waals surface area contributed by atoms with E-state index in [0.29, 0.717) is 36.1 Å². The van der Waals surface area contributed by atoms with Gasteiger partial charge in [-0.25, -0.2) is 0 Å². The lowest BCUT2D eigenvalue weighted by Crippen LogP contribution is -2.42. The lowest BCUT2D eigenvalue weighted by Gasteiger charge is -2.28. The molecule has 0 aliphatic heterocycles. The summed E-state index contributed by atoms with van der Waals surface area (Å²) in [5, 5.41) is 3.41. The maximum atomic E-state index is 12.7. The molecule has 1 amide bonds. The summed E-state index contributed by atoms with van der Waals surface area (Å²) >= 11 is 6.22. The minimum atomic E-state index is -0.826. The molecule has 0 aliphatic rings. The van der Waals surface area contributed by atoms with Crippen LogP contribution in [0.15, 0.2) is 18.2 Å². The van der Waals surface area contributed by atoms with Crippen molar-refractivity contribution in [1.29, 1.82) is 0 Å². The third kappa shape index (κ3) is 6.33. The second kappa shape index (κ2) is 10.6. The number of halogens is 1. The molecule has 0 radical (unpaired) electrons. The van der Waals surface area contributed by atoms with Gasteiger partial charge in [0.25, 0.3) is 5.91 Å². The minimum absolute atomic E-state index is 0.140. The number of carbonyl (C=O) groups is 1. The van der Waals surface area contributed by atoms with Crippen molar-refractivity contribution in [2.75, 3.05) is 18.5 Å². The van der Waals surface area contributed by atoms with Crippen LogP contribution in [0.5, 0.6) is 5.75 Å². The van der Waals surface area contributed by atoms with Gasteiger partial charge in [0.1, 0.15) is 11.4 Å². The zero-order valence-corrected chi connectivity index (χ0v) is 16.0. The van der Waals surface area contributed by atoms with E-state index in [1.54, 1.807) is 18.2 Å². The summed E-state index contributed by atoms with van der Waals surface area (Å²) in [5.41, 5.74) is -0.177. The van der Waals surface area contributed by atoms with Gasteiger partial charge in [0.2, 0.25) is 0 Å². The summed E-state index contributed by atoms with van der Waals surface area (Å²) in [6.45, 7) is 9.05. The van der Waals surface area contributed by atoms with E-state index >= 15 is 0 Å². The average molecular weight is 356 g/mol. The predicted molar refractivity (Wildman–Crippen MR) is 100 cm³/mol. The van der Waals surface area contributed by atoms with Crippen molar-refractivity contribution in [1.82, 2.24) is 0 Å². The van der Waals surface area contributed by atoms with Crippen molar-refractivity contribution in [2.24, 2.45) is 0 Å². The molecule has 0 heterocycles.